The van der Waals surface area contributed by atoms with E-state index in [4.69, 9.17) is 4.74 Å². The Labute approximate surface area is 190 Å². The Morgan fingerprint density at radius 3 is 2.19 bits per heavy atom. The van der Waals surface area contributed by atoms with Gasteiger partial charge in [0.25, 0.3) is 0 Å². The predicted octanol–water partition coefficient (Wildman–Crippen LogP) is 6.46. The van der Waals surface area contributed by atoms with Crippen molar-refractivity contribution < 1.29 is 9.84 Å². The van der Waals surface area contributed by atoms with Gasteiger partial charge in [0.15, 0.2) is 0 Å². The normalized spacial score (nSPS) is 15.8. The van der Waals surface area contributed by atoms with Crippen molar-refractivity contribution in [3.8, 4) is 5.88 Å². The van der Waals surface area contributed by atoms with Gasteiger partial charge in [-0.1, -0.05) is 46.0 Å². The lowest BCUT2D eigenvalue weighted by atomic mass is 9.80. The Morgan fingerprint density at radius 2 is 1.61 bits per heavy atom. The number of rotatable bonds is 15. The molecule has 0 bridgehead atoms. The molecule has 0 radical (unpaired) electrons. The van der Waals surface area contributed by atoms with Gasteiger partial charge in [0.2, 0.25) is 5.88 Å². The summed E-state index contributed by atoms with van der Waals surface area (Å²) in [5.74, 6) is 1.06. The predicted molar refractivity (Wildman–Crippen MR) is 129 cm³/mol. The molecule has 2 rings (SSSR count). The van der Waals surface area contributed by atoms with Crippen molar-refractivity contribution in [3.05, 3.63) is 16.7 Å². The molecule has 31 heavy (non-hydrogen) atoms. The summed E-state index contributed by atoms with van der Waals surface area (Å²) in [5.41, 5.74) is -0.0624. The van der Waals surface area contributed by atoms with E-state index in [0.29, 0.717) is 12.0 Å². The molecule has 0 aromatic carbocycles. The monoisotopic (exact) mass is 436 g/mol. The smallest absolute Gasteiger partial charge is 0.331 e. The van der Waals surface area contributed by atoms with Gasteiger partial charge in [0.05, 0.1) is 6.20 Å². The van der Waals surface area contributed by atoms with Crippen molar-refractivity contribution in [2.45, 2.75) is 124 Å². The summed E-state index contributed by atoms with van der Waals surface area (Å²) >= 11 is 0. The molecule has 1 aliphatic carbocycles. The first-order chi connectivity index (χ1) is 14.7. The largest absolute Gasteiger partial charge is 0.493 e. The van der Waals surface area contributed by atoms with Crippen LogP contribution in [0.3, 0.4) is 0 Å². The van der Waals surface area contributed by atoms with Gasteiger partial charge >= 0.3 is 5.69 Å². The maximum absolute atomic E-state index is 12.4. The molecule has 1 aromatic heterocycles. The van der Waals surface area contributed by atoms with E-state index in [1.807, 2.05) is 20.8 Å². The summed E-state index contributed by atoms with van der Waals surface area (Å²) in [7, 11) is 0. The molecule has 0 aliphatic heterocycles. The van der Waals surface area contributed by atoms with Gasteiger partial charge in [-0.2, -0.15) is 0 Å². The van der Waals surface area contributed by atoms with Gasteiger partial charge in [0.1, 0.15) is 0 Å². The van der Waals surface area contributed by atoms with E-state index in [1.54, 1.807) is 4.57 Å². The van der Waals surface area contributed by atoms with Gasteiger partial charge in [-0.05, 0) is 77.0 Å². The van der Waals surface area contributed by atoms with Crippen LogP contribution in [0.1, 0.15) is 112 Å². The molecule has 1 N–H and O–H groups in total. The van der Waals surface area contributed by atoms with Crippen LogP contribution in [0, 0.1) is 11.3 Å². The minimum atomic E-state index is -0.397. The Morgan fingerprint density at radius 1 is 1.00 bits per heavy atom. The number of aryl methyl sites for hydroxylation is 1. The topological polar surface area (TPSA) is 56.4 Å². The first-order valence-electron chi connectivity index (χ1n) is 12.8. The molecule has 0 atom stereocenters. The molecule has 1 heterocycles. The highest BCUT2D eigenvalue weighted by molar-refractivity contribution is 5.09. The number of unbranched alkanes of at least 4 members (excludes halogenated alkanes) is 2. The van der Waals surface area contributed by atoms with Crippen LogP contribution >= 0.6 is 0 Å². The van der Waals surface area contributed by atoms with Gasteiger partial charge in [-0.3, -0.25) is 9.13 Å². The summed E-state index contributed by atoms with van der Waals surface area (Å²) in [6, 6.07) is 0. The lowest BCUT2D eigenvalue weighted by Crippen LogP contribution is -2.36. The number of imidazole rings is 1. The van der Waals surface area contributed by atoms with E-state index >= 15 is 0 Å². The fraction of sp³-hybridized carbons (Fsp3) is 0.885. The Bertz CT molecular complexity index is 696. The molecule has 5 heteroatoms. The van der Waals surface area contributed by atoms with Crippen LogP contribution in [-0.2, 0) is 16.8 Å². The number of nitrogens with zero attached hydrogens (tertiary/aromatic N) is 2. The van der Waals surface area contributed by atoms with E-state index in [1.165, 1.54) is 62.1 Å². The van der Waals surface area contributed by atoms with Crippen LogP contribution in [0.5, 0.6) is 5.88 Å². The van der Waals surface area contributed by atoms with E-state index in [0.717, 1.165) is 44.8 Å². The van der Waals surface area contributed by atoms with Gasteiger partial charge in [0, 0.05) is 25.3 Å². The van der Waals surface area contributed by atoms with Crippen molar-refractivity contribution in [2.24, 2.45) is 11.3 Å². The second-order valence-corrected chi connectivity index (χ2v) is 11.1. The molecule has 0 saturated heterocycles. The first kappa shape index (κ1) is 26.0. The number of aromatic nitrogens is 2. The third-order valence-corrected chi connectivity index (χ3v) is 7.31. The number of ether oxygens (including phenoxy) is 1. The average molecular weight is 437 g/mol. The van der Waals surface area contributed by atoms with Crippen molar-refractivity contribution in [3.63, 3.8) is 0 Å². The molecule has 1 aliphatic rings. The minimum absolute atomic E-state index is 0.0549. The molecule has 1 saturated carbocycles. The highest BCUT2D eigenvalue weighted by Gasteiger charge is 2.26. The Kier molecular flexibility index (Phi) is 10.2. The summed E-state index contributed by atoms with van der Waals surface area (Å²) in [6.45, 7) is 13.0. The van der Waals surface area contributed by atoms with Gasteiger partial charge < -0.3 is 9.84 Å². The third-order valence-electron chi connectivity index (χ3n) is 7.31. The molecular formula is C26H48N2O3. The lowest BCUT2D eigenvalue weighted by molar-refractivity contribution is 0.119. The standard InChI is InChI=1S/C26H48N2O3/c1-6-27-21-23(29)28(24(27)30)26(4,5)17-10-12-20-31-19-11-9-16-25(2,3)18-15-22-13-7-8-14-22/h21-22,29H,6-20H2,1-5H3. The van der Waals surface area contributed by atoms with Gasteiger partial charge in [-0.15, -0.1) is 0 Å². The molecule has 1 fully saturated rings. The van der Waals surface area contributed by atoms with E-state index in [2.05, 4.69) is 13.8 Å². The quantitative estimate of drug-likeness (QED) is 0.321. The van der Waals surface area contributed by atoms with Crippen LogP contribution < -0.4 is 5.69 Å². The fourth-order valence-corrected chi connectivity index (χ4v) is 5.08. The third kappa shape index (κ3) is 8.32. The Hall–Kier alpha value is -1.23. The molecule has 0 unspecified atom stereocenters. The first-order valence-corrected chi connectivity index (χ1v) is 12.8. The second-order valence-electron chi connectivity index (χ2n) is 11.1. The maximum Gasteiger partial charge on any atom is 0.331 e. The van der Waals surface area contributed by atoms with E-state index in [9.17, 15) is 9.90 Å². The molecule has 1 aromatic rings. The van der Waals surface area contributed by atoms with Gasteiger partial charge in [-0.25, -0.2) is 4.79 Å². The lowest BCUT2D eigenvalue weighted by Gasteiger charge is -2.26. The molecule has 0 spiro atoms. The zero-order valence-corrected chi connectivity index (χ0v) is 20.9. The van der Waals surface area contributed by atoms with Crippen molar-refractivity contribution in [1.82, 2.24) is 9.13 Å². The van der Waals surface area contributed by atoms with E-state index < -0.39 is 5.54 Å². The number of hydrogen-bond acceptors (Lipinski definition) is 3. The average Bonchev–Trinajstić information content (AvgIpc) is 3.32. The van der Waals surface area contributed by atoms with Crippen molar-refractivity contribution >= 4 is 0 Å². The summed E-state index contributed by atoms with van der Waals surface area (Å²) in [5, 5.41) is 10.2. The number of aromatic hydroxyl groups is 1. The maximum atomic E-state index is 12.4. The zero-order chi connectivity index (χ0) is 22.9. The highest BCUT2D eigenvalue weighted by Crippen LogP contribution is 2.35. The van der Waals surface area contributed by atoms with Crippen LogP contribution in [0.25, 0.3) is 0 Å². The summed E-state index contributed by atoms with van der Waals surface area (Å²) in [6.07, 6.45) is 16.7. The molecule has 5 nitrogen and oxygen atoms in total. The second kappa shape index (κ2) is 12.1. The minimum Gasteiger partial charge on any atom is -0.493 e. The highest BCUT2D eigenvalue weighted by atomic mass is 16.5. The zero-order valence-electron chi connectivity index (χ0n) is 20.9. The molecular weight excluding hydrogens is 388 g/mol. The summed E-state index contributed by atoms with van der Waals surface area (Å²) in [4.78, 5) is 12.4. The fourth-order valence-electron chi connectivity index (χ4n) is 5.08. The van der Waals surface area contributed by atoms with Crippen molar-refractivity contribution in [2.75, 3.05) is 13.2 Å². The van der Waals surface area contributed by atoms with E-state index in [-0.39, 0.29) is 11.6 Å². The van der Waals surface area contributed by atoms with Crippen LogP contribution in [0.4, 0.5) is 0 Å². The van der Waals surface area contributed by atoms with Crippen LogP contribution in [0.15, 0.2) is 11.0 Å². The number of hydrogen-bond donors (Lipinski definition) is 1. The van der Waals surface area contributed by atoms with Crippen molar-refractivity contribution in [1.29, 1.82) is 0 Å². The molecule has 0 amide bonds. The summed E-state index contributed by atoms with van der Waals surface area (Å²) < 4.78 is 8.93. The Balaban J connectivity index is 1.54. The molecule has 180 valence electrons. The SMILES string of the molecule is CCn1cc(O)n(C(C)(C)CCCCOCCCCC(C)(C)CCC2CCCC2)c1=O. The van der Waals surface area contributed by atoms with Crippen LogP contribution in [-0.4, -0.2) is 27.5 Å². The van der Waals surface area contributed by atoms with Crippen LogP contribution in [0.2, 0.25) is 0 Å².